The van der Waals surface area contributed by atoms with Gasteiger partial charge in [-0.3, -0.25) is 19.9 Å². The molecule has 2 heterocycles. The predicted molar refractivity (Wildman–Crippen MR) is 108 cm³/mol. The zero-order chi connectivity index (χ0) is 20.1. The molecule has 2 amide bonds. The molecule has 7 nitrogen and oxygen atoms in total. The number of benzene rings is 1. The minimum Gasteiger partial charge on any atom is -0.392 e. The Balaban J connectivity index is 1.54. The molecule has 0 saturated heterocycles. The van der Waals surface area contributed by atoms with Crippen LogP contribution in [0.25, 0.3) is 5.70 Å². The highest BCUT2D eigenvalue weighted by Gasteiger charge is 2.19. The molecule has 0 bridgehead atoms. The summed E-state index contributed by atoms with van der Waals surface area (Å²) in [5.41, 5.74) is 4.95. The Morgan fingerprint density at radius 3 is 2.61 bits per heavy atom. The topological polar surface area (TPSA) is 99.7 Å². The fraction of sp³-hybridized carbons (Fsp3) is 0.263. The van der Waals surface area contributed by atoms with Crippen LogP contribution in [0, 0.1) is 0 Å². The van der Waals surface area contributed by atoms with Gasteiger partial charge in [-0.2, -0.15) is 0 Å². The van der Waals surface area contributed by atoms with Crippen LogP contribution in [0.5, 0.6) is 0 Å². The highest BCUT2D eigenvalue weighted by molar-refractivity contribution is 7.17. The van der Waals surface area contributed by atoms with Crippen LogP contribution in [0.3, 0.4) is 0 Å². The molecule has 3 rings (SSSR count). The molecule has 1 aromatic heterocycles. The number of nitrogens with one attached hydrogen (secondary N) is 3. The molecule has 28 heavy (non-hydrogen) atoms. The number of hydrogen-bond acceptors (Lipinski definition) is 6. The maximum absolute atomic E-state index is 12.1. The van der Waals surface area contributed by atoms with Gasteiger partial charge in [0.1, 0.15) is 6.10 Å². The first-order valence-electron chi connectivity index (χ1n) is 8.66. The number of amides is 2. The van der Waals surface area contributed by atoms with Crippen molar-refractivity contribution in [3.05, 3.63) is 62.8 Å². The summed E-state index contributed by atoms with van der Waals surface area (Å²) in [6.07, 6.45) is 0.954. The first-order valence-corrected chi connectivity index (χ1v) is 9.85. The quantitative estimate of drug-likeness (QED) is 0.549. The van der Waals surface area contributed by atoms with Crippen LogP contribution < -0.4 is 16.1 Å². The van der Waals surface area contributed by atoms with Crippen molar-refractivity contribution in [2.75, 3.05) is 13.1 Å². The molecular weight excluding hydrogens is 402 g/mol. The number of thiophene rings is 1. The van der Waals surface area contributed by atoms with Gasteiger partial charge in [-0.05, 0) is 42.8 Å². The van der Waals surface area contributed by atoms with E-state index in [1.54, 1.807) is 43.3 Å². The Labute approximate surface area is 171 Å². The number of halogens is 1. The predicted octanol–water partition coefficient (Wildman–Crippen LogP) is 2.19. The lowest BCUT2D eigenvalue weighted by Gasteiger charge is -2.09. The number of aliphatic hydroxyl groups is 1. The molecule has 1 aliphatic heterocycles. The zero-order valence-corrected chi connectivity index (χ0v) is 16.6. The van der Waals surface area contributed by atoms with E-state index in [0.29, 0.717) is 21.3 Å². The number of hydroxylamine groups is 1. The summed E-state index contributed by atoms with van der Waals surface area (Å²) < 4.78 is 0.564. The Hall–Kier alpha value is -2.39. The molecule has 0 aliphatic carbocycles. The van der Waals surface area contributed by atoms with E-state index < -0.39 is 6.10 Å². The average Bonchev–Trinajstić information content (AvgIpc) is 3.33. The minimum atomic E-state index is -0.595. The number of hydrogen-bond donors (Lipinski definition) is 4. The van der Waals surface area contributed by atoms with Crippen molar-refractivity contribution < 1.29 is 19.5 Å². The van der Waals surface area contributed by atoms with Gasteiger partial charge in [0, 0.05) is 12.1 Å². The van der Waals surface area contributed by atoms with Gasteiger partial charge in [0.2, 0.25) is 0 Å². The fourth-order valence-corrected chi connectivity index (χ4v) is 3.47. The van der Waals surface area contributed by atoms with Crippen LogP contribution in [0.15, 0.2) is 42.5 Å². The van der Waals surface area contributed by atoms with Crippen molar-refractivity contribution in [2.24, 2.45) is 0 Å². The van der Waals surface area contributed by atoms with Crippen molar-refractivity contribution >= 4 is 40.4 Å². The zero-order valence-electron chi connectivity index (χ0n) is 15.1. The monoisotopic (exact) mass is 421 g/mol. The molecule has 1 aliphatic rings. The first-order chi connectivity index (χ1) is 13.4. The van der Waals surface area contributed by atoms with Crippen LogP contribution in [0.2, 0.25) is 4.34 Å². The maximum Gasteiger partial charge on any atom is 0.261 e. The molecule has 2 atom stereocenters. The second-order valence-corrected chi connectivity index (χ2v) is 8.00. The van der Waals surface area contributed by atoms with Crippen molar-refractivity contribution in [2.45, 2.75) is 19.1 Å². The van der Waals surface area contributed by atoms with E-state index in [0.717, 1.165) is 11.3 Å². The normalized spacial score (nSPS) is 16.8. The molecule has 2 aromatic rings. The van der Waals surface area contributed by atoms with Crippen LogP contribution in [0.4, 0.5) is 0 Å². The van der Waals surface area contributed by atoms with E-state index in [1.165, 1.54) is 11.3 Å². The summed E-state index contributed by atoms with van der Waals surface area (Å²) >= 11 is 7.06. The van der Waals surface area contributed by atoms with Gasteiger partial charge in [0.25, 0.3) is 11.8 Å². The molecule has 1 aromatic carbocycles. The Morgan fingerprint density at radius 1 is 1.21 bits per heavy atom. The SMILES string of the molecule is CC(O)CNC(=O)c1ccc(C2=CC(CNC(=O)c3ccc(Cl)s3)ON2)cc1. The summed E-state index contributed by atoms with van der Waals surface area (Å²) in [5.74, 6) is -0.443. The van der Waals surface area contributed by atoms with Crippen LogP contribution in [0.1, 0.15) is 32.5 Å². The second-order valence-electron chi connectivity index (χ2n) is 6.29. The summed E-state index contributed by atoms with van der Waals surface area (Å²) in [5, 5.41) is 14.7. The standard InChI is InChI=1S/C19H20ClN3O4S/c1-11(24)9-21-18(25)13-4-2-12(3-5-13)15-8-14(27-23-15)10-22-19(26)16-6-7-17(20)28-16/h2-8,11,14,23-24H,9-10H2,1H3,(H,21,25)(H,22,26). The molecule has 148 valence electrons. The molecule has 0 fully saturated rings. The van der Waals surface area contributed by atoms with Gasteiger partial charge in [-0.25, -0.2) is 0 Å². The fourth-order valence-electron chi connectivity index (χ4n) is 2.51. The average molecular weight is 422 g/mol. The van der Waals surface area contributed by atoms with Crippen LogP contribution >= 0.6 is 22.9 Å². The number of carbonyl (C=O) groups is 2. The second kappa shape index (κ2) is 9.20. The highest BCUT2D eigenvalue weighted by Crippen LogP contribution is 2.22. The molecule has 0 spiro atoms. The smallest absolute Gasteiger partial charge is 0.261 e. The van der Waals surface area contributed by atoms with Crippen LogP contribution in [-0.4, -0.2) is 42.2 Å². The Morgan fingerprint density at radius 2 is 1.96 bits per heavy atom. The number of rotatable bonds is 7. The third-order valence-corrected chi connectivity index (χ3v) is 5.18. The van der Waals surface area contributed by atoms with Gasteiger partial charge < -0.3 is 15.7 Å². The maximum atomic E-state index is 12.1. The lowest BCUT2D eigenvalue weighted by molar-refractivity contribution is 0.0499. The lowest BCUT2D eigenvalue weighted by Crippen LogP contribution is -2.31. The van der Waals surface area contributed by atoms with E-state index >= 15 is 0 Å². The molecule has 9 heteroatoms. The van der Waals surface area contributed by atoms with Gasteiger partial charge in [0.05, 0.1) is 27.6 Å². The van der Waals surface area contributed by atoms with Crippen molar-refractivity contribution in [3.8, 4) is 0 Å². The number of aliphatic hydroxyl groups excluding tert-OH is 1. The van der Waals surface area contributed by atoms with E-state index in [9.17, 15) is 14.7 Å². The third kappa shape index (κ3) is 5.32. The molecular formula is C19H20ClN3O4S. The molecule has 2 unspecified atom stereocenters. The van der Waals surface area contributed by atoms with E-state index in [4.69, 9.17) is 16.4 Å². The summed E-state index contributed by atoms with van der Waals surface area (Å²) in [4.78, 5) is 30.0. The van der Waals surface area contributed by atoms with E-state index in [-0.39, 0.29) is 24.5 Å². The highest BCUT2D eigenvalue weighted by atomic mass is 35.5. The largest absolute Gasteiger partial charge is 0.392 e. The van der Waals surface area contributed by atoms with Gasteiger partial charge >= 0.3 is 0 Å². The Kier molecular flexibility index (Phi) is 6.69. The number of carbonyl (C=O) groups excluding carboxylic acids is 2. The van der Waals surface area contributed by atoms with Crippen molar-refractivity contribution in [1.29, 1.82) is 0 Å². The van der Waals surface area contributed by atoms with Gasteiger partial charge in [0.15, 0.2) is 0 Å². The van der Waals surface area contributed by atoms with Gasteiger partial charge in [-0.1, -0.05) is 23.7 Å². The molecule has 0 radical (unpaired) electrons. The molecule has 4 N–H and O–H groups in total. The minimum absolute atomic E-state index is 0.199. The van der Waals surface area contributed by atoms with Crippen molar-refractivity contribution in [1.82, 2.24) is 16.1 Å². The summed E-state index contributed by atoms with van der Waals surface area (Å²) in [7, 11) is 0. The third-order valence-electron chi connectivity index (χ3n) is 3.95. The lowest BCUT2D eigenvalue weighted by atomic mass is 10.1. The summed E-state index contributed by atoms with van der Waals surface area (Å²) in [6.45, 7) is 2.12. The Bertz CT molecular complexity index is 880. The molecule has 0 saturated carbocycles. The van der Waals surface area contributed by atoms with Gasteiger partial charge in [-0.15, -0.1) is 11.3 Å². The van der Waals surface area contributed by atoms with E-state index in [2.05, 4.69) is 16.1 Å². The summed E-state index contributed by atoms with van der Waals surface area (Å²) in [6, 6.07) is 10.4. The van der Waals surface area contributed by atoms with Crippen molar-refractivity contribution in [3.63, 3.8) is 0 Å². The first kappa shape index (κ1) is 20.3. The van der Waals surface area contributed by atoms with E-state index in [1.807, 2.05) is 6.08 Å². The van der Waals surface area contributed by atoms with Crippen LogP contribution in [-0.2, 0) is 4.84 Å².